The highest BCUT2D eigenvalue weighted by Gasteiger charge is 2.24. The van der Waals surface area contributed by atoms with E-state index in [9.17, 15) is 9.59 Å². The highest BCUT2D eigenvalue weighted by Crippen LogP contribution is 2.20. The molecule has 5 heteroatoms. The van der Waals surface area contributed by atoms with Crippen LogP contribution in [0, 0.1) is 5.41 Å². The highest BCUT2D eigenvalue weighted by molar-refractivity contribution is 5.80. The minimum atomic E-state index is -1.12. The van der Waals surface area contributed by atoms with E-state index in [0.717, 1.165) is 12.8 Å². The molecule has 94 valence electrons. The van der Waals surface area contributed by atoms with Crippen molar-refractivity contribution in [3.8, 4) is 0 Å². The summed E-state index contributed by atoms with van der Waals surface area (Å²) in [5.41, 5.74) is -0.0129. The van der Waals surface area contributed by atoms with Crippen molar-refractivity contribution in [1.29, 1.82) is 0 Å². The number of aliphatic carboxylic acids is 2. The first-order chi connectivity index (χ1) is 7.28. The highest BCUT2D eigenvalue weighted by atomic mass is 16.4. The minimum absolute atomic E-state index is 0.0129. The van der Waals surface area contributed by atoms with E-state index in [4.69, 9.17) is 10.2 Å². The lowest BCUT2D eigenvalue weighted by Gasteiger charge is -2.26. The maximum Gasteiger partial charge on any atom is 0.321 e. The molecule has 3 N–H and O–H groups in total. The van der Waals surface area contributed by atoms with Crippen LogP contribution in [0.25, 0.3) is 0 Å². The van der Waals surface area contributed by atoms with E-state index in [-0.39, 0.29) is 5.41 Å². The van der Waals surface area contributed by atoms with Crippen molar-refractivity contribution < 1.29 is 19.8 Å². The Kier molecular flexibility index (Phi) is 6.03. The van der Waals surface area contributed by atoms with Gasteiger partial charge in [0.15, 0.2) is 0 Å². The Hall–Kier alpha value is -1.10. The van der Waals surface area contributed by atoms with Crippen LogP contribution in [0.5, 0.6) is 0 Å². The van der Waals surface area contributed by atoms with Gasteiger partial charge >= 0.3 is 11.9 Å². The monoisotopic (exact) mass is 231 g/mol. The Bertz CT molecular complexity index is 250. The van der Waals surface area contributed by atoms with E-state index in [0.29, 0.717) is 6.54 Å². The van der Waals surface area contributed by atoms with E-state index >= 15 is 0 Å². The van der Waals surface area contributed by atoms with Crippen LogP contribution in [0.2, 0.25) is 0 Å². The van der Waals surface area contributed by atoms with Crippen molar-refractivity contribution in [1.82, 2.24) is 5.32 Å². The van der Waals surface area contributed by atoms with Crippen molar-refractivity contribution >= 4 is 11.9 Å². The molecule has 16 heavy (non-hydrogen) atoms. The fourth-order valence-electron chi connectivity index (χ4n) is 1.59. The molecule has 0 spiro atoms. The Balaban J connectivity index is 4.21. The van der Waals surface area contributed by atoms with Gasteiger partial charge in [0.25, 0.3) is 0 Å². The third-order valence-electron chi connectivity index (χ3n) is 2.43. The molecule has 1 unspecified atom stereocenters. The van der Waals surface area contributed by atoms with Crippen molar-refractivity contribution in [2.45, 2.75) is 46.1 Å². The largest absolute Gasteiger partial charge is 0.481 e. The number of rotatable bonds is 8. The average Bonchev–Trinajstić information content (AvgIpc) is 2.11. The SMILES string of the molecule is CCCC(C)(C)CNC(CC(=O)O)C(=O)O. The zero-order valence-corrected chi connectivity index (χ0v) is 10.1. The van der Waals surface area contributed by atoms with Gasteiger partial charge in [-0.1, -0.05) is 27.2 Å². The lowest BCUT2D eigenvalue weighted by Crippen LogP contribution is -2.43. The number of nitrogens with one attached hydrogen (secondary N) is 1. The van der Waals surface area contributed by atoms with Gasteiger partial charge in [0.05, 0.1) is 6.42 Å². The topological polar surface area (TPSA) is 86.6 Å². The predicted molar refractivity (Wildman–Crippen MR) is 60.4 cm³/mol. The maximum absolute atomic E-state index is 10.8. The molecule has 0 fully saturated rings. The molecule has 0 radical (unpaired) electrons. The van der Waals surface area contributed by atoms with Gasteiger partial charge in [0, 0.05) is 6.54 Å². The first-order valence-electron chi connectivity index (χ1n) is 5.46. The summed E-state index contributed by atoms with van der Waals surface area (Å²) < 4.78 is 0. The molecule has 0 aromatic carbocycles. The van der Waals surface area contributed by atoms with Gasteiger partial charge < -0.3 is 15.5 Å². The first-order valence-corrected chi connectivity index (χ1v) is 5.46. The molecule has 0 bridgehead atoms. The van der Waals surface area contributed by atoms with Crippen LogP contribution < -0.4 is 5.32 Å². The lowest BCUT2D eigenvalue weighted by molar-refractivity contribution is -0.146. The van der Waals surface area contributed by atoms with Crippen LogP contribution in [-0.4, -0.2) is 34.7 Å². The third kappa shape index (κ3) is 6.40. The number of carboxylic acid groups (broad SMARTS) is 2. The van der Waals surface area contributed by atoms with Gasteiger partial charge in [-0.25, -0.2) is 0 Å². The maximum atomic E-state index is 10.8. The van der Waals surface area contributed by atoms with E-state index in [1.165, 1.54) is 0 Å². The summed E-state index contributed by atoms with van der Waals surface area (Å²) >= 11 is 0. The molecule has 0 aromatic heterocycles. The number of hydrogen-bond acceptors (Lipinski definition) is 3. The second-order valence-electron chi connectivity index (χ2n) is 4.78. The van der Waals surface area contributed by atoms with Crippen LogP contribution in [0.4, 0.5) is 0 Å². The molecular formula is C11H21NO4. The molecule has 0 rings (SSSR count). The van der Waals surface area contributed by atoms with Crippen molar-refractivity contribution in [2.75, 3.05) is 6.54 Å². The van der Waals surface area contributed by atoms with Gasteiger partial charge in [-0.15, -0.1) is 0 Å². The molecule has 5 nitrogen and oxygen atoms in total. The Morgan fingerprint density at radius 1 is 1.31 bits per heavy atom. The quantitative estimate of drug-likeness (QED) is 0.586. The summed E-state index contributed by atoms with van der Waals surface area (Å²) in [4.78, 5) is 21.2. The third-order valence-corrected chi connectivity index (χ3v) is 2.43. The molecule has 1 atom stereocenters. The van der Waals surface area contributed by atoms with Gasteiger partial charge in [0.1, 0.15) is 6.04 Å². The van der Waals surface area contributed by atoms with Crippen molar-refractivity contribution in [3.05, 3.63) is 0 Å². The Morgan fingerprint density at radius 2 is 1.88 bits per heavy atom. The standard InChI is InChI=1S/C11H21NO4/c1-4-5-11(2,3)7-12-8(10(15)16)6-9(13)14/h8,12H,4-7H2,1-3H3,(H,13,14)(H,15,16). The first kappa shape index (κ1) is 14.9. The summed E-state index contributed by atoms with van der Waals surface area (Å²) in [5, 5.41) is 20.2. The zero-order valence-electron chi connectivity index (χ0n) is 10.1. The molecule has 0 aliphatic heterocycles. The smallest absolute Gasteiger partial charge is 0.321 e. The molecule has 0 aromatic rings. The van der Waals surface area contributed by atoms with Gasteiger partial charge in [-0.3, -0.25) is 9.59 Å². The molecule has 0 saturated carbocycles. The molecule has 0 saturated heterocycles. The summed E-state index contributed by atoms with van der Waals surface area (Å²) in [6.07, 6.45) is 1.60. The van der Waals surface area contributed by atoms with Crippen LogP contribution in [-0.2, 0) is 9.59 Å². The molecular weight excluding hydrogens is 210 g/mol. The van der Waals surface area contributed by atoms with Crippen LogP contribution in [0.3, 0.4) is 0 Å². The second kappa shape index (κ2) is 6.48. The molecule has 0 amide bonds. The normalized spacial score (nSPS) is 13.4. The predicted octanol–water partition coefficient (Wildman–Crippen LogP) is 1.33. The van der Waals surface area contributed by atoms with E-state index in [2.05, 4.69) is 12.2 Å². The fourth-order valence-corrected chi connectivity index (χ4v) is 1.59. The lowest BCUT2D eigenvalue weighted by atomic mass is 9.88. The summed E-state index contributed by atoms with van der Waals surface area (Å²) in [7, 11) is 0. The van der Waals surface area contributed by atoms with Crippen molar-refractivity contribution in [3.63, 3.8) is 0 Å². The molecule has 0 aliphatic carbocycles. The van der Waals surface area contributed by atoms with Gasteiger partial charge in [0.2, 0.25) is 0 Å². The summed E-state index contributed by atoms with van der Waals surface area (Å²) in [5.74, 6) is -2.22. The van der Waals surface area contributed by atoms with E-state index < -0.39 is 24.4 Å². The van der Waals surface area contributed by atoms with Crippen LogP contribution >= 0.6 is 0 Å². The Labute approximate surface area is 95.9 Å². The number of hydrogen-bond donors (Lipinski definition) is 3. The average molecular weight is 231 g/mol. The van der Waals surface area contributed by atoms with Gasteiger partial charge in [-0.2, -0.15) is 0 Å². The Morgan fingerprint density at radius 3 is 2.25 bits per heavy atom. The molecule has 0 heterocycles. The second-order valence-corrected chi connectivity index (χ2v) is 4.78. The number of carboxylic acids is 2. The summed E-state index contributed by atoms with van der Waals surface area (Å²) in [6, 6.07) is -1.01. The minimum Gasteiger partial charge on any atom is -0.481 e. The van der Waals surface area contributed by atoms with E-state index in [1.807, 2.05) is 13.8 Å². The van der Waals surface area contributed by atoms with E-state index in [1.54, 1.807) is 0 Å². The summed E-state index contributed by atoms with van der Waals surface area (Å²) in [6.45, 7) is 6.63. The zero-order chi connectivity index (χ0) is 12.8. The fraction of sp³-hybridized carbons (Fsp3) is 0.818. The van der Waals surface area contributed by atoms with Crippen molar-refractivity contribution in [2.24, 2.45) is 5.41 Å². The van der Waals surface area contributed by atoms with Crippen LogP contribution in [0.15, 0.2) is 0 Å². The van der Waals surface area contributed by atoms with Crippen LogP contribution in [0.1, 0.15) is 40.0 Å². The van der Waals surface area contributed by atoms with Gasteiger partial charge in [-0.05, 0) is 11.8 Å². The number of carbonyl (C=O) groups is 2. The molecule has 0 aliphatic rings.